The molecule has 0 radical (unpaired) electrons. The molecule has 0 spiro atoms. The Kier molecular flexibility index (Phi) is 3.87. The molecule has 4 heteroatoms. The fourth-order valence-corrected chi connectivity index (χ4v) is 1.88. The van der Waals surface area contributed by atoms with Gasteiger partial charge in [0.15, 0.2) is 0 Å². The van der Waals surface area contributed by atoms with Gasteiger partial charge >= 0.3 is 6.03 Å². The van der Waals surface area contributed by atoms with Gasteiger partial charge in [0, 0.05) is 18.1 Å². The lowest BCUT2D eigenvalue weighted by molar-refractivity contribution is 0.243. The lowest BCUT2D eigenvalue weighted by Gasteiger charge is -2.06. The number of amides is 1. The lowest BCUT2D eigenvalue weighted by atomic mass is 10.2. The highest BCUT2D eigenvalue weighted by Crippen LogP contribution is 2.21. The first kappa shape index (κ1) is 12.5. The summed E-state index contributed by atoms with van der Waals surface area (Å²) in [4.78, 5) is 12.0. The van der Waals surface area contributed by atoms with Crippen LogP contribution in [0.5, 0.6) is 5.75 Å². The molecule has 1 heterocycles. The van der Waals surface area contributed by atoms with E-state index in [1.165, 1.54) is 0 Å². The van der Waals surface area contributed by atoms with E-state index >= 15 is 0 Å². The zero-order chi connectivity index (χ0) is 13.0. The van der Waals surface area contributed by atoms with Crippen molar-refractivity contribution >= 4 is 16.9 Å². The molecule has 0 saturated carbocycles. The van der Waals surface area contributed by atoms with Crippen LogP contribution < -0.4 is 10.1 Å². The molecule has 2 rings (SSSR count). The van der Waals surface area contributed by atoms with Gasteiger partial charge in [0.2, 0.25) is 0 Å². The first-order valence-electron chi connectivity index (χ1n) is 6.19. The maximum absolute atomic E-state index is 12.0. The van der Waals surface area contributed by atoms with Crippen LogP contribution in [0.15, 0.2) is 30.5 Å². The van der Waals surface area contributed by atoms with E-state index in [-0.39, 0.29) is 6.03 Å². The molecule has 4 nitrogen and oxygen atoms in total. The molecular weight excluding hydrogens is 228 g/mol. The fourth-order valence-electron chi connectivity index (χ4n) is 1.88. The van der Waals surface area contributed by atoms with E-state index in [4.69, 9.17) is 4.74 Å². The summed E-state index contributed by atoms with van der Waals surface area (Å²) in [6, 6.07) is 7.51. The van der Waals surface area contributed by atoms with Gasteiger partial charge < -0.3 is 10.1 Å². The van der Waals surface area contributed by atoms with Crippen molar-refractivity contribution in [2.24, 2.45) is 0 Å². The Morgan fingerprint density at radius 3 is 2.94 bits per heavy atom. The van der Waals surface area contributed by atoms with Crippen LogP contribution in [-0.2, 0) is 0 Å². The summed E-state index contributed by atoms with van der Waals surface area (Å²) in [5, 5.41) is 3.90. The number of aromatic nitrogens is 1. The molecule has 96 valence electrons. The van der Waals surface area contributed by atoms with Crippen molar-refractivity contribution in [1.82, 2.24) is 9.88 Å². The average molecular weight is 246 g/mol. The van der Waals surface area contributed by atoms with Crippen LogP contribution in [0.3, 0.4) is 0 Å². The Morgan fingerprint density at radius 1 is 1.39 bits per heavy atom. The van der Waals surface area contributed by atoms with Gasteiger partial charge in [-0.15, -0.1) is 0 Å². The number of methoxy groups -OCH3 is 1. The maximum atomic E-state index is 12.0. The first-order chi connectivity index (χ1) is 8.76. The summed E-state index contributed by atoms with van der Waals surface area (Å²) in [5.41, 5.74) is 0.893. The third-order valence-electron chi connectivity index (χ3n) is 2.92. The summed E-state index contributed by atoms with van der Waals surface area (Å²) >= 11 is 0. The summed E-state index contributed by atoms with van der Waals surface area (Å²) in [6.07, 6.45) is 3.86. The van der Waals surface area contributed by atoms with E-state index in [2.05, 4.69) is 12.2 Å². The number of rotatable bonds is 4. The molecular formula is C14H18N2O2. The molecule has 1 N–H and O–H groups in total. The second-order valence-corrected chi connectivity index (χ2v) is 4.20. The first-order valence-corrected chi connectivity index (χ1v) is 6.19. The van der Waals surface area contributed by atoms with Crippen LogP contribution in [0.4, 0.5) is 4.79 Å². The minimum Gasteiger partial charge on any atom is -0.497 e. The van der Waals surface area contributed by atoms with Gasteiger partial charge in [-0.25, -0.2) is 4.79 Å². The van der Waals surface area contributed by atoms with Crippen molar-refractivity contribution in [3.05, 3.63) is 30.5 Å². The smallest absolute Gasteiger partial charge is 0.326 e. The van der Waals surface area contributed by atoms with Crippen LogP contribution in [-0.4, -0.2) is 24.3 Å². The summed E-state index contributed by atoms with van der Waals surface area (Å²) in [7, 11) is 1.63. The average Bonchev–Trinajstić information content (AvgIpc) is 2.81. The molecule has 0 saturated heterocycles. The molecule has 2 aromatic rings. The van der Waals surface area contributed by atoms with Crippen molar-refractivity contribution in [2.75, 3.05) is 13.7 Å². The summed E-state index contributed by atoms with van der Waals surface area (Å²) < 4.78 is 6.79. The van der Waals surface area contributed by atoms with Gasteiger partial charge in [0.25, 0.3) is 0 Å². The van der Waals surface area contributed by atoms with Gasteiger partial charge in [0.1, 0.15) is 5.75 Å². The quantitative estimate of drug-likeness (QED) is 0.843. The van der Waals surface area contributed by atoms with Crippen molar-refractivity contribution in [3.8, 4) is 5.75 Å². The largest absolute Gasteiger partial charge is 0.497 e. The predicted molar refractivity (Wildman–Crippen MR) is 72.2 cm³/mol. The van der Waals surface area contributed by atoms with E-state index in [1.807, 2.05) is 24.3 Å². The highest BCUT2D eigenvalue weighted by molar-refractivity contribution is 5.92. The number of unbranched alkanes of at least 4 members (excludes halogenated alkanes) is 1. The third kappa shape index (κ3) is 2.47. The molecule has 0 unspecified atom stereocenters. The minimum absolute atomic E-state index is 0.0800. The van der Waals surface area contributed by atoms with Crippen LogP contribution in [0.2, 0.25) is 0 Å². The van der Waals surface area contributed by atoms with Crippen molar-refractivity contribution in [2.45, 2.75) is 19.8 Å². The van der Waals surface area contributed by atoms with E-state index in [9.17, 15) is 4.79 Å². The molecule has 0 aliphatic heterocycles. The Hall–Kier alpha value is -1.97. The molecule has 18 heavy (non-hydrogen) atoms. The Bertz CT molecular complexity index is 546. The number of nitrogens with zero attached hydrogens (tertiary/aromatic N) is 1. The zero-order valence-electron chi connectivity index (χ0n) is 10.8. The molecule has 0 aliphatic rings. The predicted octanol–water partition coefficient (Wildman–Crippen LogP) is 3.01. The van der Waals surface area contributed by atoms with Crippen molar-refractivity contribution in [3.63, 3.8) is 0 Å². The Morgan fingerprint density at radius 2 is 2.22 bits per heavy atom. The second kappa shape index (κ2) is 5.58. The van der Waals surface area contributed by atoms with Gasteiger partial charge in [-0.1, -0.05) is 13.3 Å². The molecule has 0 atom stereocenters. The SMILES string of the molecule is CCCCNC(=O)n1ccc2cc(OC)ccc21. The molecule has 1 aromatic heterocycles. The molecule has 1 aromatic carbocycles. The minimum atomic E-state index is -0.0800. The summed E-state index contributed by atoms with van der Waals surface area (Å²) in [6.45, 7) is 2.81. The third-order valence-corrected chi connectivity index (χ3v) is 2.92. The highest BCUT2D eigenvalue weighted by Gasteiger charge is 2.08. The standard InChI is InChI=1S/C14H18N2O2/c1-3-4-8-15-14(17)16-9-7-11-10-12(18-2)5-6-13(11)16/h5-7,9-10H,3-4,8H2,1-2H3,(H,15,17). The normalized spacial score (nSPS) is 10.6. The lowest BCUT2D eigenvalue weighted by Crippen LogP contribution is -2.28. The van der Waals surface area contributed by atoms with Crippen LogP contribution in [0, 0.1) is 0 Å². The van der Waals surface area contributed by atoms with Gasteiger partial charge in [-0.05, 0) is 30.7 Å². The zero-order valence-corrected chi connectivity index (χ0v) is 10.8. The number of hydrogen-bond acceptors (Lipinski definition) is 2. The maximum Gasteiger partial charge on any atom is 0.326 e. The molecule has 0 aliphatic carbocycles. The molecule has 0 bridgehead atoms. The van der Waals surface area contributed by atoms with Crippen LogP contribution in [0.25, 0.3) is 10.9 Å². The molecule has 0 fully saturated rings. The van der Waals surface area contributed by atoms with Crippen LogP contribution >= 0.6 is 0 Å². The van der Waals surface area contributed by atoms with E-state index in [0.29, 0.717) is 6.54 Å². The number of carbonyl (C=O) groups excluding carboxylic acids is 1. The van der Waals surface area contributed by atoms with Gasteiger partial charge in [-0.2, -0.15) is 0 Å². The topological polar surface area (TPSA) is 43.3 Å². The van der Waals surface area contributed by atoms with Gasteiger partial charge in [-0.3, -0.25) is 4.57 Å². The number of benzene rings is 1. The number of fused-ring (bicyclic) bond motifs is 1. The van der Waals surface area contributed by atoms with E-state index in [1.54, 1.807) is 17.9 Å². The Balaban J connectivity index is 2.21. The van der Waals surface area contributed by atoms with Crippen LogP contribution in [0.1, 0.15) is 19.8 Å². The number of hydrogen-bond donors (Lipinski definition) is 1. The van der Waals surface area contributed by atoms with E-state index < -0.39 is 0 Å². The Labute approximate surface area is 107 Å². The number of ether oxygens (including phenoxy) is 1. The monoisotopic (exact) mass is 246 g/mol. The van der Waals surface area contributed by atoms with Gasteiger partial charge in [0.05, 0.1) is 12.6 Å². The fraction of sp³-hybridized carbons (Fsp3) is 0.357. The van der Waals surface area contributed by atoms with Crippen molar-refractivity contribution in [1.29, 1.82) is 0 Å². The van der Waals surface area contributed by atoms with Crippen molar-refractivity contribution < 1.29 is 9.53 Å². The second-order valence-electron chi connectivity index (χ2n) is 4.20. The number of nitrogens with one attached hydrogen (secondary N) is 1. The van der Waals surface area contributed by atoms with E-state index in [0.717, 1.165) is 29.5 Å². The summed E-state index contributed by atoms with van der Waals surface area (Å²) in [5.74, 6) is 0.798. The molecule has 1 amide bonds. The number of carbonyl (C=O) groups is 1. The highest BCUT2D eigenvalue weighted by atomic mass is 16.5.